The highest BCUT2D eigenvalue weighted by Crippen LogP contribution is 2.26. The van der Waals surface area contributed by atoms with Gasteiger partial charge in [-0.3, -0.25) is 4.79 Å². The zero-order valence-corrected chi connectivity index (χ0v) is 16.3. The normalized spacial score (nSPS) is 15.5. The fraction of sp³-hybridized carbons (Fsp3) is 0.278. The Bertz CT molecular complexity index is 943. The summed E-state index contributed by atoms with van der Waals surface area (Å²) in [6.45, 7) is 1.81. The monoisotopic (exact) mass is 412 g/mol. The first-order valence-corrected chi connectivity index (χ1v) is 10.4. The summed E-state index contributed by atoms with van der Waals surface area (Å²) >= 11 is 11.9. The van der Waals surface area contributed by atoms with Crippen LogP contribution in [0, 0.1) is 0 Å². The maximum absolute atomic E-state index is 12.5. The van der Waals surface area contributed by atoms with Gasteiger partial charge in [0.2, 0.25) is 10.0 Å². The van der Waals surface area contributed by atoms with E-state index < -0.39 is 10.0 Å². The van der Waals surface area contributed by atoms with Gasteiger partial charge in [0, 0.05) is 11.6 Å². The van der Waals surface area contributed by atoms with Gasteiger partial charge in [-0.05, 0) is 55.7 Å². The minimum atomic E-state index is -3.61. The van der Waals surface area contributed by atoms with E-state index in [1.807, 2.05) is 6.92 Å². The summed E-state index contributed by atoms with van der Waals surface area (Å²) in [5, 5.41) is 3.68. The van der Waals surface area contributed by atoms with Crippen LogP contribution in [0.1, 0.15) is 41.7 Å². The molecule has 138 valence electrons. The van der Waals surface area contributed by atoms with Gasteiger partial charge < -0.3 is 5.32 Å². The summed E-state index contributed by atoms with van der Waals surface area (Å²) in [6, 6.07) is 10.8. The van der Waals surface area contributed by atoms with E-state index in [1.54, 1.807) is 30.3 Å². The average Bonchev–Trinajstić information content (AvgIpc) is 3.40. The van der Waals surface area contributed by atoms with Crippen LogP contribution in [0.15, 0.2) is 47.4 Å². The Hall–Kier alpha value is -1.60. The molecule has 2 N–H and O–H groups in total. The van der Waals surface area contributed by atoms with Crippen LogP contribution in [0.2, 0.25) is 10.0 Å². The van der Waals surface area contributed by atoms with E-state index in [0.29, 0.717) is 10.0 Å². The Morgan fingerprint density at radius 3 is 2.50 bits per heavy atom. The molecule has 8 heteroatoms. The lowest BCUT2D eigenvalue weighted by Gasteiger charge is -2.15. The molecule has 5 nitrogen and oxygen atoms in total. The van der Waals surface area contributed by atoms with Crippen LogP contribution in [-0.2, 0) is 10.0 Å². The third kappa shape index (κ3) is 4.57. The molecule has 0 aliphatic heterocycles. The molecule has 0 aromatic heterocycles. The van der Waals surface area contributed by atoms with E-state index in [1.165, 1.54) is 12.1 Å². The highest BCUT2D eigenvalue weighted by atomic mass is 35.5. The summed E-state index contributed by atoms with van der Waals surface area (Å²) in [6.07, 6.45) is 1.70. The number of nitrogens with one attached hydrogen (secondary N) is 2. The molecule has 0 spiro atoms. The molecule has 26 heavy (non-hydrogen) atoms. The molecule has 1 saturated carbocycles. The topological polar surface area (TPSA) is 75.3 Å². The van der Waals surface area contributed by atoms with Gasteiger partial charge in [-0.1, -0.05) is 35.3 Å². The van der Waals surface area contributed by atoms with Gasteiger partial charge in [0.1, 0.15) is 0 Å². The van der Waals surface area contributed by atoms with E-state index in [2.05, 4.69) is 10.0 Å². The number of benzene rings is 2. The van der Waals surface area contributed by atoms with Crippen LogP contribution >= 0.6 is 23.2 Å². The molecular weight excluding hydrogens is 395 g/mol. The standard InChI is InChI=1S/C18H18Cl2N2O3S/c1-11(12-5-8-16(19)17(20)10-12)21-18(23)13-3-2-4-15(9-13)26(24,25)22-14-6-7-14/h2-5,8-11,14,22H,6-7H2,1H3,(H,21,23)/t11-/m1/s1. The Kier molecular flexibility index (Phi) is 5.58. The Balaban J connectivity index is 1.75. The van der Waals surface area contributed by atoms with Gasteiger partial charge in [0.05, 0.1) is 21.0 Å². The molecule has 1 fully saturated rings. The van der Waals surface area contributed by atoms with E-state index in [9.17, 15) is 13.2 Å². The van der Waals surface area contributed by atoms with Crippen LogP contribution in [-0.4, -0.2) is 20.4 Å². The predicted molar refractivity (Wildman–Crippen MR) is 102 cm³/mol. The van der Waals surface area contributed by atoms with Gasteiger partial charge in [0.25, 0.3) is 5.91 Å². The smallest absolute Gasteiger partial charge is 0.251 e. The fourth-order valence-electron chi connectivity index (χ4n) is 2.44. The highest BCUT2D eigenvalue weighted by molar-refractivity contribution is 7.89. The summed E-state index contributed by atoms with van der Waals surface area (Å²) < 4.78 is 27.2. The molecule has 0 unspecified atom stereocenters. The molecule has 1 atom stereocenters. The molecule has 3 rings (SSSR count). The Morgan fingerprint density at radius 1 is 1.12 bits per heavy atom. The van der Waals surface area contributed by atoms with E-state index in [-0.39, 0.29) is 28.4 Å². The predicted octanol–water partition coefficient (Wildman–Crippen LogP) is 3.93. The summed E-state index contributed by atoms with van der Waals surface area (Å²) in [4.78, 5) is 12.6. The molecule has 0 bridgehead atoms. The molecular formula is C18H18Cl2N2O3S. The van der Waals surface area contributed by atoms with Crippen molar-refractivity contribution >= 4 is 39.1 Å². The second-order valence-corrected chi connectivity index (χ2v) is 8.82. The lowest BCUT2D eigenvalue weighted by Crippen LogP contribution is -2.28. The van der Waals surface area contributed by atoms with Crippen molar-refractivity contribution in [2.24, 2.45) is 0 Å². The second kappa shape index (κ2) is 7.56. The van der Waals surface area contributed by atoms with Crippen molar-refractivity contribution in [1.29, 1.82) is 0 Å². The first-order chi connectivity index (χ1) is 12.3. The number of carbonyl (C=O) groups excluding carboxylic acids is 1. The third-order valence-electron chi connectivity index (χ3n) is 4.10. The maximum Gasteiger partial charge on any atom is 0.251 e. The Morgan fingerprint density at radius 2 is 1.85 bits per heavy atom. The number of carbonyl (C=O) groups is 1. The van der Waals surface area contributed by atoms with Gasteiger partial charge >= 0.3 is 0 Å². The van der Waals surface area contributed by atoms with E-state index in [0.717, 1.165) is 18.4 Å². The average molecular weight is 413 g/mol. The SMILES string of the molecule is C[C@@H](NC(=O)c1cccc(S(=O)(=O)NC2CC2)c1)c1ccc(Cl)c(Cl)c1. The number of sulfonamides is 1. The molecule has 0 heterocycles. The minimum Gasteiger partial charge on any atom is -0.346 e. The first kappa shape index (κ1) is 19.2. The molecule has 1 amide bonds. The van der Waals surface area contributed by atoms with Crippen molar-refractivity contribution in [3.63, 3.8) is 0 Å². The van der Waals surface area contributed by atoms with Crippen LogP contribution in [0.25, 0.3) is 0 Å². The Labute approximate surface area is 162 Å². The largest absolute Gasteiger partial charge is 0.346 e. The number of halogens is 2. The molecule has 0 saturated heterocycles. The van der Waals surface area contributed by atoms with Crippen LogP contribution < -0.4 is 10.0 Å². The summed E-state index contributed by atoms with van der Waals surface area (Å²) in [5.41, 5.74) is 1.07. The zero-order chi connectivity index (χ0) is 18.9. The maximum atomic E-state index is 12.5. The van der Waals surface area contributed by atoms with Crippen molar-refractivity contribution in [3.05, 3.63) is 63.6 Å². The molecule has 0 radical (unpaired) electrons. The van der Waals surface area contributed by atoms with Crippen LogP contribution in [0.4, 0.5) is 0 Å². The fourth-order valence-corrected chi connectivity index (χ4v) is 4.10. The van der Waals surface area contributed by atoms with Crippen molar-refractivity contribution in [3.8, 4) is 0 Å². The van der Waals surface area contributed by atoms with Crippen molar-refractivity contribution < 1.29 is 13.2 Å². The molecule has 1 aliphatic rings. The van der Waals surface area contributed by atoms with Gasteiger partial charge in [0.15, 0.2) is 0 Å². The minimum absolute atomic E-state index is 0.00663. The number of hydrogen-bond donors (Lipinski definition) is 2. The lowest BCUT2D eigenvalue weighted by atomic mass is 10.1. The molecule has 2 aromatic rings. The van der Waals surface area contributed by atoms with Gasteiger partial charge in [-0.25, -0.2) is 13.1 Å². The number of rotatable bonds is 6. The molecule has 1 aliphatic carbocycles. The van der Waals surface area contributed by atoms with E-state index in [4.69, 9.17) is 23.2 Å². The highest BCUT2D eigenvalue weighted by Gasteiger charge is 2.28. The number of amides is 1. The first-order valence-electron chi connectivity index (χ1n) is 8.14. The van der Waals surface area contributed by atoms with Crippen molar-refractivity contribution in [2.75, 3.05) is 0 Å². The molecule has 2 aromatic carbocycles. The number of hydrogen-bond acceptors (Lipinski definition) is 3. The van der Waals surface area contributed by atoms with Gasteiger partial charge in [-0.15, -0.1) is 0 Å². The van der Waals surface area contributed by atoms with Crippen molar-refractivity contribution in [2.45, 2.75) is 36.7 Å². The van der Waals surface area contributed by atoms with Crippen LogP contribution in [0.5, 0.6) is 0 Å². The van der Waals surface area contributed by atoms with Gasteiger partial charge in [-0.2, -0.15) is 0 Å². The quantitative estimate of drug-likeness (QED) is 0.754. The van der Waals surface area contributed by atoms with Crippen LogP contribution in [0.3, 0.4) is 0 Å². The zero-order valence-electron chi connectivity index (χ0n) is 14.0. The van der Waals surface area contributed by atoms with E-state index >= 15 is 0 Å². The van der Waals surface area contributed by atoms with Crippen molar-refractivity contribution in [1.82, 2.24) is 10.0 Å². The lowest BCUT2D eigenvalue weighted by molar-refractivity contribution is 0.0939. The summed E-state index contributed by atoms with van der Waals surface area (Å²) in [5.74, 6) is -0.368. The second-order valence-electron chi connectivity index (χ2n) is 6.29. The third-order valence-corrected chi connectivity index (χ3v) is 6.35. The summed E-state index contributed by atoms with van der Waals surface area (Å²) in [7, 11) is -3.61.